The van der Waals surface area contributed by atoms with Crippen LogP contribution in [0, 0.1) is 0 Å². The number of carbonyl (C=O) groups is 1. The van der Waals surface area contributed by atoms with E-state index >= 15 is 0 Å². The lowest BCUT2D eigenvalue weighted by Crippen LogP contribution is -2.11. The second kappa shape index (κ2) is 6.26. The van der Waals surface area contributed by atoms with Gasteiger partial charge in [0.2, 0.25) is 0 Å². The fourth-order valence-corrected chi connectivity index (χ4v) is 2.98. The van der Waals surface area contributed by atoms with Crippen LogP contribution in [0.3, 0.4) is 0 Å². The number of nitrogens with zero attached hydrogens (tertiary/aromatic N) is 1. The maximum atomic E-state index is 12.3. The Labute approximate surface area is 144 Å². The Kier molecular flexibility index (Phi) is 3.96. The molecule has 1 fully saturated rings. The molecule has 0 radical (unpaired) electrons. The summed E-state index contributed by atoms with van der Waals surface area (Å²) in [7, 11) is 0. The van der Waals surface area contributed by atoms with Crippen LogP contribution in [0.2, 0.25) is 5.02 Å². The first-order valence-corrected chi connectivity index (χ1v) is 8.25. The van der Waals surface area contributed by atoms with Crippen LogP contribution < -0.4 is 5.32 Å². The number of ether oxygens (including phenoxy) is 1. The molecule has 1 atom stereocenters. The Hall–Kier alpha value is -2.37. The first kappa shape index (κ1) is 15.2. The van der Waals surface area contributed by atoms with Crippen molar-refractivity contribution < 1.29 is 9.53 Å². The fraction of sp³-hybridized carbons (Fsp3) is 0.222. The van der Waals surface area contributed by atoms with Crippen molar-refractivity contribution >= 4 is 34.2 Å². The third-order valence-corrected chi connectivity index (χ3v) is 4.35. The van der Waals surface area contributed by atoms with Crippen LogP contribution in [0.4, 0.5) is 5.69 Å². The molecule has 0 saturated carbocycles. The van der Waals surface area contributed by atoms with Gasteiger partial charge in [-0.25, -0.2) is 4.98 Å². The van der Waals surface area contributed by atoms with Gasteiger partial charge in [0.15, 0.2) is 0 Å². The molecule has 24 heavy (non-hydrogen) atoms. The second-order valence-corrected chi connectivity index (χ2v) is 6.25. The summed E-state index contributed by atoms with van der Waals surface area (Å²) in [6.45, 7) is 0.782. The summed E-state index contributed by atoms with van der Waals surface area (Å²) in [6, 6.07) is 12.4. The van der Waals surface area contributed by atoms with Crippen molar-refractivity contribution in [2.24, 2.45) is 0 Å². The fourth-order valence-electron chi connectivity index (χ4n) is 2.86. The lowest BCUT2D eigenvalue weighted by Gasteiger charge is -2.05. The van der Waals surface area contributed by atoms with Crippen LogP contribution in [0.25, 0.3) is 11.0 Å². The Morgan fingerprint density at radius 2 is 2.08 bits per heavy atom. The summed E-state index contributed by atoms with van der Waals surface area (Å²) in [4.78, 5) is 20.1. The molecule has 2 N–H and O–H groups in total. The highest BCUT2D eigenvalue weighted by Gasteiger charge is 2.21. The molecule has 3 aromatic rings. The lowest BCUT2D eigenvalue weighted by atomic mass is 10.2. The van der Waals surface area contributed by atoms with Crippen molar-refractivity contribution in [3.8, 4) is 0 Å². The minimum atomic E-state index is -0.176. The molecule has 1 aliphatic rings. The number of rotatable bonds is 3. The van der Waals surface area contributed by atoms with Gasteiger partial charge >= 0.3 is 0 Å². The molecular formula is C18H16ClN3O2. The molecular weight excluding hydrogens is 326 g/mol. The Morgan fingerprint density at radius 1 is 1.25 bits per heavy atom. The maximum Gasteiger partial charge on any atom is 0.255 e. The number of anilines is 1. The van der Waals surface area contributed by atoms with Gasteiger partial charge in [0.1, 0.15) is 11.9 Å². The quantitative estimate of drug-likeness (QED) is 0.745. The van der Waals surface area contributed by atoms with Crippen molar-refractivity contribution in [3.05, 3.63) is 58.9 Å². The van der Waals surface area contributed by atoms with Crippen molar-refractivity contribution in [1.29, 1.82) is 0 Å². The molecule has 6 heteroatoms. The number of fused-ring (bicyclic) bond motifs is 1. The first-order valence-electron chi connectivity index (χ1n) is 7.87. The van der Waals surface area contributed by atoms with E-state index in [1.807, 2.05) is 18.2 Å². The van der Waals surface area contributed by atoms with Crippen LogP contribution in [0.5, 0.6) is 0 Å². The number of benzene rings is 2. The predicted molar refractivity (Wildman–Crippen MR) is 93.4 cm³/mol. The van der Waals surface area contributed by atoms with E-state index in [0.717, 1.165) is 36.3 Å². The lowest BCUT2D eigenvalue weighted by molar-refractivity contribution is 0.102. The largest absolute Gasteiger partial charge is 0.370 e. The predicted octanol–water partition coefficient (Wildman–Crippen LogP) is 4.32. The van der Waals surface area contributed by atoms with Crippen LogP contribution in [-0.2, 0) is 4.74 Å². The van der Waals surface area contributed by atoms with E-state index in [1.54, 1.807) is 24.3 Å². The zero-order valence-electron chi connectivity index (χ0n) is 12.9. The smallest absolute Gasteiger partial charge is 0.255 e. The molecule has 0 spiro atoms. The van der Waals surface area contributed by atoms with Crippen molar-refractivity contribution in [2.45, 2.75) is 18.9 Å². The van der Waals surface area contributed by atoms with Gasteiger partial charge in [-0.15, -0.1) is 0 Å². The van der Waals surface area contributed by atoms with E-state index in [0.29, 0.717) is 16.3 Å². The highest BCUT2D eigenvalue weighted by Crippen LogP contribution is 2.28. The minimum Gasteiger partial charge on any atom is -0.370 e. The van der Waals surface area contributed by atoms with Gasteiger partial charge in [-0.05, 0) is 55.3 Å². The van der Waals surface area contributed by atoms with E-state index in [9.17, 15) is 4.79 Å². The number of imidazole rings is 1. The highest BCUT2D eigenvalue weighted by molar-refractivity contribution is 6.30. The summed E-state index contributed by atoms with van der Waals surface area (Å²) in [5.74, 6) is 0.675. The summed E-state index contributed by atoms with van der Waals surface area (Å²) in [5, 5.41) is 3.49. The third kappa shape index (κ3) is 3.00. The first-order chi connectivity index (χ1) is 11.7. The Morgan fingerprint density at radius 3 is 2.83 bits per heavy atom. The molecule has 122 valence electrons. The highest BCUT2D eigenvalue weighted by atomic mass is 35.5. The second-order valence-electron chi connectivity index (χ2n) is 5.82. The molecule has 1 aromatic heterocycles. The Bertz CT molecular complexity index is 883. The average Bonchev–Trinajstić information content (AvgIpc) is 3.24. The standard InChI is InChI=1S/C18H16ClN3O2/c19-12-5-3-11(4-6-12)18(23)20-13-7-8-14-15(10-13)22-17(21-14)16-2-1-9-24-16/h3-8,10,16H,1-2,9H2,(H,20,23)(H,21,22)/t16-/m0/s1. The number of carbonyl (C=O) groups excluding carboxylic acids is 1. The van der Waals surface area contributed by atoms with E-state index in [-0.39, 0.29) is 12.0 Å². The van der Waals surface area contributed by atoms with Crippen LogP contribution in [0.15, 0.2) is 42.5 Å². The van der Waals surface area contributed by atoms with Gasteiger partial charge in [0.05, 0.1) is 11.0 Å². The molecule has 4 rings (SSSR count). The molecule has 1 amide bonds. The number of aromatic nitrogens is 2. The number of nitrogens with one attached hydrogen (secondary N) is 2. The van der Waals surface area contributed by atoms with Crippen molar-refractivity contribution in [1.82, 2.24) is 9.97 Å². The number of hydrogen-bond acceptors (Lipinski definition) is 3. The van der Waals surface area contributed by atoms with Gasteiger partial charge in [0, 0.05) is 22.9 Å². The zero-order chi connectivity index (χ0) is 16.5. The molecule has 0 bridgehead atoms. The Balaban J connectivity index is 1.55. The van der Waals surface area contributed by atoms with E-state index in [2.05, 4.69) is 15.3 Å². The summed E-state index contributed by atoms with van der Waals surface area (Å²) < 4.78 is 5.66. The van der Waals surface area contributed by atoms with Crippen molar-refractivity contribution in [3.63, 3.8) is 0 Å². The van der Waals surface area contributed by atoms with Crippen LogP contribution >= 0.6 is 11.6 Å². The molecule has 1 saturated heterocycles. The van der Waals surface area contributed by atoms with E-state index < -0.39 is 0 Å². The number of amides is 1. The van der Waals surface area contributed by atoms with Crippen LogP contribution in [0.1, 0.15) is 35.1 Å². The molecule has 2 aromatic carbocycles. The van der Waals surface area contributed by atoms with Gasteiger partial charge in [0.25, 0.3) is 5.91 Å². The molecule has 5 nitrogen and oxygen atoms in total. The molecule has 0 aliphatic carbocycles. The molecule has 2 heterocycles. The van der Waals surface area contributed by atoms with Gasteiger partial charge in [-0.2, -0.15) is 0 Å². The number of hydrogen-bond donors (Lipinski definition) is 2. The van der Waals surface area contributed by atoms with Gasteiger partial charge < -0.3 is 15.0 Å². The number of halogens is 1. The monoisotopic (exact) mass is 341 g/mol. The molecule has 1 aliphatic heterocycles. The number of H-pyrrole nitrogens is 1. The molecule has 0 unspecified atom stereocenters. The summed E-state index contributed by atoms with van der Waals surface area (Å²) in [6.07, 6.45) is 2.09. The van der Waals surface area contributed by atoms with Gasteiger partial charge in [-0.3, -0.25) is 4.79 Å². The van der Waals surface area contributed by atoms with Gasteiger partial charge in [-0.1, -0.05) is 11.6 Å². The topological polar surface area (TPSA) is 67.0 Å². The number of aromatic amines is 1. The third-order valence-electron chi connectivity index (χ3n) is 4.10. The zero-order valence-corrected chi connectivity index (χ0v) is 13.6. The van der Waals surface area contributed by atoms with E-state index in [1.165, 1.54) is 0 Å². The maximum absolute atomic E-state index is 12.3. The minimum absolute atomic E-state index is 0.0458. The van der Waals surface area contributed by atoms with Crippen molar-refractivity contribution in [2.75, 3.05) is 11.9 Å². The van der Waals surface area contributed by atoms with Crippen LogP contribution in [-0.4, -0.2) is 22.5 Å². The SMILES string of the molecule is O=C(Nc1ccc2nc([C@@H]3CCCO3)[nH]c2c1)c1ccc(Cl)cc1. The average molecular weight is 342 g/mol. The normalized spacial score (nSPS) is 17.3. The van der Waals surface area contributed by atoms with E-state index in [4.69, 9.17) is 16.3 Å². The summed E-state index contributed by atoms with van der Waals surface area (Å²) >= 11 is 5.85. The summed E-state index contributed by atoms with van der Waals surface area (Å²) in [5.41, 5.74) is 3.02.